The molecule has 0 saturated heterocycles. The van der Waals surface area contributed by atoms with Crippen LogP contribution in [0.4, 0.5) is 0 Å². The zero-order chi connectivity index (χ0) is 21.6. The third-order valence-corrected chi connectivity index (χ3v) is 6.04. The van der Waals surface area contributed by atoms with Crippen molar-refractivity contribution in [3.05, 3.63) is 88.4 Å². The van der Waals surface area contributed by atoms with Gasteiger partial charge in [-0.25, -0.2) is 4.98 Å². The lowest BCUT2D eigenvalue weighted by Crippen LogP contribution is -2.03. The predicted molar refractivity (Wildman–Crippen MR) is 131 cm³/mol. The Bertz CT molecular complexity index is 1150. The maximum absolute atomic E-state index is 5.80. The van der Waals surface area contributed by atoms with Crippen molar-refractivity contribution in [2.24, 2.45) is 0 Å². The number of aryl methyl sites for hydroxylation is 2. The minimum absolute atomic E-state index is 0.565. The molecule has 0 N–H and O–H groups in total. The molecule has 1 aromatic heterocycles. The number of hydrogen-bond acceptors (Lipinski definition) is 5. The summed E-state index contributed by atoms with van der Waals surface area (Å²) in [5.41, 5.74) is 6.09. The van der Waals surface area contributed by atoms with Gasteiger partial charge in [-0.05, 0) is 38.1 Å². The Hall–Kier alpha value is -2.70. The molecule has 0 saturated carbocycles. The molecule has 0 aliphatic carbocycles. The first-order valence-corrected chi connectivity index (χ1v) is 11.8. The number of aromatic nitrogens is 3. The van der Waals surface area contributed by atoms with E-state index in [0.717, 1.165) is 38.5 Å². The molecular formula is C25H22BrN3OS. The molecule has 3 aromatic carbocycles. The average Bonchev–Trinajstić information content (AvgIpc) is 2.79. The van der Waals surface area contributed by atoms with Gasteiger partial charge in [-0.3, -0.25) is 0 Å². The van der Waals surface area contributed by atoms with Crippen molar-refractivity contribution in [1.82, 2.24) is 15.2 Å². The highest BCUT2D eigenvalue weighted by molar-refractivity contribution is 9.10. The third kappa shape index (κ3) is 5.71. The van der Waals surface area contributed by atoms with Crippen LogP contribution in [0.25, 0.3) is 22.5 Å². The first-order chi connectivity index (χ1) is 15.1. The van der Waals surface area contributed by atoms with E-state index >= 15 is 0 Å². The van der Waals surface area contributed by atoms with Crippen molar-refractivity contribution in [3.63, 3.8) is 0 Å². The highest BCUT2D eigenvalue weighted by Crippen LogP contribution is 2.30. The summed E-state index contributed by atoms with van der Waals surface area (Å²) < 4.78 is 6.83. The van der Waals surface area contributed by atoms with E-state index in [4.69, 9.17) is 9.72 Å². The van der Waals surface area contributed by atoms with E-state index in [1.54, 1.807) is 11.8 Å². The fourth-order valence-electron chi connectivity index (χ4n) is 3.01. The smallest absolute Gasteiger partial charge is 0.209 e. The molecule has 0 atom stereocenters. The Balaban J connectivity index is 1.53. The molecule has 0 spiro atoms. The summed E-state index contributed by atoms with van der Waals surface area (Å²) in [4.78, 5) is 4.86. The Labute approximate surface area is 195 Å². The van der Waals surface area contributed by atoms with Gasteiger partial charge in [0.25, 0.3) is 0 Å². The topological polar surface area (TPSA) is 47.9 Å². The maximum atomic E-state index is 5.80. The van der Waals surface area contributed by atoms with Gasteiger partial charge in [-0.15, -0.1) is 10.2 Å². The molecule has 4 nitrogen and oxygen atoms in total. The molecule has 0 unspecified atom stereocenters. The van der Waals surface area contributed by atoms with Crippen LogP contribution < -0.4 is 4.74 Å². The van der Waals surface area contributed by atoms with E-state index in [2.05, 4.69) is 88.5 Å². The molecule has 0 bridgehead atoms. The first kappa shape index (κ1) is 21.5. The SMILES string of the molecule is Cc1ccc(-c2nnc(SCCOc3ccc(Br)cc3)nc2-c2ccc(C)cc2)cc1. The van der Waals surface area contributed by atoms with E-state index in [-0.39, 0.29) is 0 Å². The van der Waals surface area contributed by atoms with Crippen LogP contribution in [-0.4, -0.2) is 27.5 Å². The van der Waals surface area contributed by atoms with Crippen LogP contribution in [0.1, 0.15) is 11.1 Å². The van der Waals surface area contributed by atoms with Gasteiger partial charge in [0.15, 0.2) is 0 Å². The molecule has 6 heteroatoms. The molecule has 1 heterocycles. The summed E-state index contributed by atoms with van der Waals surface area (Å²) in [6.45, 7) is 4.72. The van der Waals surface area contributed by atoms with Crippen molar-refractivity contribution < 1.29 is 4.74 Å². The average molecular weight is 492 g/mol. The molecule has 0 amide bonds. The van der Waals surface area contributed by atoms with Gasteiger partial charge in [0.1, 0.15) is 17.1 Å². The summed E-state index contributed by atoms with van der Waals surface area (Å²) in [7, 11) is 0. The highest BCUT2D eigenvalue weighted by Gasteiger charge is 2.14. The van der Waals surface area contributed by atoms with Crippen molar-refractivity contribution in [2.75, 3.05) is 12.4 Å². The van der Waals surface area contributed by atoms with Gasteiger partial charge >= 0.3 is 0 Å². The highest BCUT2D eigenvalue weighted by atomic mass is 79.9. The standard InChI is InChI=1S/C25H22BrN3OS/c1-17-3-7-19(8-4-17)23-24(20-9-5-18(2)6-10-20)28-29-25(27-23)31-16-15-30-22-13-11-21(26)12-14-22/h3-14H,15-16H2,1-2H3. The second-order valence-electron chi connectivity index (χ2n) is 7.17. The van der Waals surface area contributed by atoms with Crippen molar-refractivity contribution >= 4 is 27.7 Å². The van der Waals surface area contributed by atoms with E-state index in [9.17, 15) is 0 Å². The van der Waals surface area contributed by atoms with Crippen LogP contribution in [0.3, 0.4) is 0 Å². The molecule has 156 valence electrons. The lowest BCUT2D eigenvalue weighted by atomic mass is 10.0. The Morgan fingerprint density at radius 2 is 1.32 bits per heavy atom. The minimum Gasteiger partial charge on any atom is -0.493 e. The zero-order valence-electron chi connectivity index (χ0n) is 17.4. The Morgan fingerprint density at radius 3 is 1.94 bits per heavy atom. The second-order valence-corrected chi connectivity index (χ2v) is 9.15. The maximum Gasteiger partial charge on any atom is 0.209 e. The predicted octanol–water partition coefficient (Wildman–Crippen LogP) is 6.76. The quantitative estimate of drug-likeness (QED) is 0.211. The summed E-state index contributed by atoms with van der Waals surface area (Å²) in [6, 6.07) is 24.5. The number of nitrogens with zero attached hydrogens (tertiary/aromatic N) is 3. The van der Waals surface area contributed by atoms with Gasteiger partial charge in [0.05, 0.1) is 6.61 Å². The van der Waals surface area contributed by atoms with Gasteiger partial charge in [-0.2, -0.15) is 0 Å². The number of hydrogen-bond donors (Lipinski definition) is 0. The lowest BCUT2D eigenvalue weighted by molar-refractivity contribution is 0.344. The van der Waals surface area contributed by atoms with E-state index in [1.807, 2.05) is 24.3 Å². The van der Waals surface area contributed by atoms with Crippen LogP contribution in [-0.2, 0) is 0 Å². The van der Waals surface area contributed by atoms with Crippen LogP contribution in [0.15, 0.2) is 82.4 Å². The zero-order valence-corrected chi connectivity index (χ0v) is 19.8. The number of thioether (sulfide) groups is 1. The van der Waals surface area contributed by atoms with E-state index in [1.165, 1.54) is 11.1 Å². The summed E-state index contributed by atoms with van der Waals surface area (Å²) >= 11 is 4.97. The van der Waals surface area contributed by atoms with E-state index in [0.29, 0.717) is 11.8 Å². The first-order valence-electron chi connectivity index (χ1n) is 9.98. The summed E-state index contributed by atoms with van der Waals surface area (Å²) in [5.74, 6) is 1.58. The minimum atomic E-state index is 0.565. The Morgan fingerprint density at radius 1 is 0.742 bits per heavy atom. The van der Waals surface area contributed by atoms with Crippen LogP contribution in [0.2, 0.25) is 0 Å². The van der Waals surface area contributed by atoms with Crippen LogP contribution in [0.5, 0.6) is 5.75 Å². The lowest BCUT2D eigenvalue weighted by Gasteiger charge is -2.10. The molecule has 4 aromatic rings. The van der Waals surface area contributed by atoms with Crippen molar-refractivity contribution in [1.29, 1.82) is 0 Å². The molecule has 0 radical (unpaired) electrons. The molecule has 0 aliphatic rings. The number of benzene rings is 3. The van der Waals surface area contributed by atoms with Crippen molar-refractivity contribution in [3.8, 4) is 28.3 Å². The van der Waals surface area contributed by atoms with Crippen molar-refractivity contribution in [2.45, 2.75) is 19.0 Å². The molecule has 4 rings (SSSR count). The Kier molecular flexibility index (Phi) is 6.99. The van der Waals surface area contributed by atoms with Gasteiger partial charge < -0.3 is 4.74 Å². The fraction of sp³-hybridized carbons (Fsp3) is 0.160. The van der Waals surface area contributed by atoms with Gasteiger partial charge in [-0.1, -0.05) is 87.3 Å². The van der Waals surface area contributed by atoms with Crippen LogP contribution in [0, 0.1) is 13.8 Å². The molecule has 0 aliphatic heterocycles. The number of ether oxygens (including phenoxy) is 1. The van der Waals surface area contributed by atoms with Gasteiger partial charge in [0.2, 0.25) is 5.16 Å². The fourth-order valence-corrected chi connectivity index (χ4v) is 3.88. The summed E-state index contributed by atoms with van der Waals surface area (Å²) in [5, 5.41) is 9.57. The van der Waals surface area contributed by atoms with E-state index < -0.39 is 0 Å². The molecule has 31 heavy (non-hydrogen) atoms. The third-order valence-electron chi connectivity index (χ3n) is 4.71. The normalized spacial score (nSPS) is 10.8. The second kappa shape index (κ2) is 10.1. The summed E-state index contributed by atoms with van der Waals surface area (Å²) in [6.07, 6.45) is 0. The largest absolute Gasteiger partial charge is 0.493 e. The molecule has 0 fully saturated rings. The number of rotatable bonds is 7. The molecular weight excluding hydrogens is 470 g/mol. The number of halogens is 1. The van der Waals surface area contributed by atoms with Crippen LogP contribution >= 0.6 is 27.7 Å². The van der Waals surface area contributed by atoms with Gasteiger partial charge in [0, 0.05) is 21.4 Å². The monoisotopic (exact) mass is 491 g/mol.